The van der Waals surface area contributed by atoms with Crippen LogP contribution in [0, 0.1) is 5.92 Å². The first-order valence-electron chi connectivity index (χ1n) is 4.70. The highest BCUT2D eigenvalue weighted by Gasteiger charge is 2.44. The Hall–Kier alpha value is -0.320. The summed E-state index contributed by atoms with van der Waals surface area (Å²) in [6.45, 7) is 1.24. The highest BCUT2D eigenvalue weighted by molar-refractivity contribution is 4.93. The standard InChI is InChI=1S/C9H15F4N/c1-8(14,7(10)11)6-2-4-9(12,13)5-3-6/h6-7H,2-5,14H2,1H3. The number of nitrogens with two attached hydrogens (primary N) is 1. The molecule has 5 heteroatoms. The van der Waals surface area contributed by atoms with Crippen LogP contribution >= 0.6 is 0 Å². The summed E-state index contributed by atoms with van der Waals surface area (Å²) in [5.41, 5.74) is 3.80. The van der Waals surface area contributed by atoms with E-state index in [-0.39, 0.29) is 25.7 Å². The van der Waals surface area contributed by atoms with Crippen molar-refractivity contribution in [3.8, 4) is 0 Å². The van der Waals surface area contributed by atoms with Gasteiger partial charge in [0.05, 0.1) is 5.54 Å². The molecule has 0 amide bonds. The molecular weight excluding hydrogens is 198 g/mol. The van der Waals surface area contributed by atoms with Gasteiger partial charge in [0.25, 0.3) is 6.43 Å². The second-order valence-electron chi connectivity index (χ2n) is 4.30. The molecule has 1 rings (SSSR count). The fourth-order valence-electron chi connectivity index (χ4n) is 1.84. The number of hydrogen-bond donors (Lipinski definition) is 1. The minimum atomic E-state index is -2.69. The quantitative estimate of drug-likeness (QED) is 0.701. The molecule has 0 aliphatic heterocycles. The van der Waals surface area contributed by atoms with E-state index >= 15 is 0 Å². The number of halogens is 4. The minimum absolute atomic E-state index is 0.0876. The van der Waals surface area contributed by atoms with E-state index in [0.717, 1.165) is 0 Å². The van der Waals surface area contributed by atoms with E-state index in [1.54, 1.807) is 0 Å². The summed E-state index contributed by atoms with van der Waals surface area (Å²) < 4.78 is 50.4. The van der Waals surface area contributed by atoms with Gasteiger partial charge < -0.3 is 5.73 Å². The van der Waals surface area contributed by atoms with Crippen LogP contribution in [0.3, 0.4) is 0 Å². The van der Waals surface area contributed by atoms with Crippen LogP contribution in [0.1, 0.15) is 32.6 Å². The Bertz CT molecular complexity index is 193. The average Bonchev–Trinajstić information content (AvgIpc) is 2.03. The molecular formula is C9H15F4N. The molecule has 84 valence electrons. The highest BCUT2D eigenvalue weighted by atomic mass is 19.3. The Morgan fingerprint density at radius 3 is 2.07 bits per heavy atom. The lowest BCUT2D eigenvalue weighted by molar-refractivity contribution is -0.0696. The van der Waals surface area contributed by atoms with E-state index in [1.165, 1.54) is 6.92 Å². The van der Waals surface area contributed by atoms with E-state index in [4.69, 9.17) is 5.73 Å². The summed E-state index contributed by atoms with van der Waals surface area (Å²) in [5.74, 6) is -3.18. The molecule has 1 unspecified atom stereocenters. The van der Waals surface area contributed by atoms with Crippen LogP contribution in [0.4, 0.5) is 17.6 Å². The molecule has 0 aromatic heterocycles. The van der Waals surface area contributed by atoms with E-state index in [0.29, 0.717) is 0 Å². The van der Waals surface area contributed by atoms with Gasteiger partial charge in [-0.2, -0.15) is 0 Å². The molecule has 0 heterocycles. The molecule has 14 heavy (non-hydrogen) atoms. The SMILES string of the molecule is CC(N)(C(F)F)C1CCC(F)(F)CC1. The highest BCUT2D eigenvalue weighted by Crippen LogP contribution is 2.41. The molecule has 0 spiro atoms. The third-order valence-electron chi connectivity index (χ3n) is 3.07. The predicted octanol–water partition coefficient (Wildman–Crippen LogP) is 2.79. The van der Waals surface area contributed by atoms with E-state index in [9.17, 15) is 17.6 Å². The number of alkyl halides is 4. The lowest BCUT2D eigenvalue weighted by Crippen LogP contribution is -2.52. The maximum atomic E-state index is 12.7. The molecule has 0 radical (unpaired) electrons. The van der Waals surface area contributed by atoms with Gasteiger partial charge in [-0.25, -0.2) is 17.6 Å². The van der Waals surface area contributed by atoms with Crippen LogP contribution in [0.15, 0.2) is 0 Å². The Kier molecular flexibility index (Phi) is 3.09. The van der Waals surface area contributed by atoms with Crippen LogP contribution in [0.2, 0.25) is 0 Å². The molecule has 0 saturated heterocycles. The third kappa shape index (κ3) is 2.38. The third-order valence-corrected chi connectivity index (χ3v) is 3.07. The Balaban J connectivity index is 2.57. The maximum absolute atomic E-state index is 12.7. The van der Waals surface area contributed by atoms with Gasteiger partial charge >= 0.3 is 0 Å². The van der Waals surface area contributed by atoms with E-state index < -0.39 is 23.8 Å². The van der Waals surface area contributed by atoms with Crippen molar-refractivity contribution in [2.75, 3.05) is 0 Å². The second-order valence-corrected chi connectivity index (χ2v) is 4.30. The van der Waals surface area contributed by atoms with Gasteiger partial charge in [-0.3, -0.25) is 0 Å². The molecule has 1 saturated carbocycles. The van der Waals surface area contributed by atoms with Crippen LogP contribution < -0.4 is 5.73 Å². The maximum Gasteiger partial charge on any atom is 0.256 e. The van der Waals surface area contributed by atoms with Crippen molar-refractivity contribution in [3.05, 3.63) is 0 Å². The van der Waals surface area contributed by atoms with Crippen LogP contribution in [-0.2, 0) is 0 Å². The second kappa shape index (κ2) is 3.68. The average molecular weight is 213 g/mol. The first-order chi connectivity index (χ1) is 6.26. The van der Waals surface area contributed by atoms with Gasteiger partial charge in [0.2, 0.25) is 5.92 Å². The topological polar surface area (TPSA) is 26.0 Å². The minimum Gasteiger partial charge on any atom is -0.320 e. The molecule has 1 atom stereocenters. The van der Waals surface area contributed by atoms with E-state index in [2.05, 4.69) is 0 Å². The zero-order chi connectivity index (χ0) is 11.0. The molecule has 1 aliphatic carbocycles. The molecule has 0 aromatic carbocycles. The van der Waals surface area contributed by atoms with Crippen molar-refractivity contribution in [2.45, 2.75) is 50.5 Å². The van der Waals surface area contributed by atoms with Gasteiger partial charge in [0.1, 0.15) is 0 Å². The fourth-order valence-corrected chi connectivity index (χ4v) is 1.84. The number of hydrogen-bond acceptors (Lipinski definition) is 1. The smallest absolute Gasteiger partial charge is 0.256 e. The number of rotatable bonds is 2. The monoisotopic (exact) mass is 213 g/mol. The van der Waals surface area contributed by atoms with Gasteiger partial charge in [-0.1, -0.05) is 0 Å². The Morgan fingerprint density at radius 1 is 1.29 bits per heavy atom. The summed E-state index contributed by atoms with van der Waals surface area (Å²) in [4.78, 5) is 0. The zero-order valence-electron chi connectivity index (χ0n) is 8.07. The first kappa shape index (κ1) is 11.8. The van der Waals surface area contributed by atoms with Crippen molar-refractivity contribution in [1.82, 2.24) is 0 Å². The van der Waals surface area contributed by atoms with Crippen molar-refractivity contribution in [2.24, 2.45) is 11.7 Å². The summed E-state index contributed by atoms with van der Waals surface area (Å²) in [5, 5.41) is 0. The molecule has 1 aliphatic rings. The van der Waals surface area contributed by atoms with Crippen molar-refractivity contribution >= 4 is 0 Å². The largest absolute Gasteiger partial charge is 0.320 e. The molecule has 0 aromatic rings. The van der Waals surface area contributed by atoms with E-state index in [1.807, 2.05) is 0 Å². The van der Waals surface area contributed by atoms with Gasteiger partial charge in [-0.05, 0) is 25.7 Å². The normalized spacial score (nSPS) is 27.6. The Morgan fingerprint density at radius 2 is 1.71 bits per heavy atom. The molecule has 1 fully saturated rings. The molecule has 1 nitrogen and oxygen atoms in total. The van der Waals surface area contributed by atoms with Gasteiger partial charge in [-0.15, -0.1) is 0 Å². The summed E-state index contributed by atoms with van der Waals surface area (Å²) in [7, 11) is 0. The van der Waals surface area contributed by atoms with Crippen LogP contribution in [0.5, 0.6) is 0 Å². The van der Waals surface area contributed by atoms with Gasteiger partial charge in [0.15, 0.2) is 0 Å². The lowest BCUT2D eigenvalue weighted by atomic mass is 9.75. The fraction of sp³-hybridized carbons (Fsp3) is 1.00. The van der Waals surface area contributed by atoms with Crippen LogP contribution in [0.25, 0.3) is 0 Å². The molecule has 2 N–H and O–H groups in total. The van der Waals surface area contributed by atoms with Gasteiger partial charge in [0, 0.05) is 12.8 Å². The summed E-state index contributed by atoms with van der Waals surface area (Å²) in [6.07, 6.45) is -3.12. The summed E-state index contributed by atoms with van der Waals surface area (Å²) in [6, 6.07) is 0. The summed E-state index contributed by atoms with van der Waals surface area (Å²) >= 11 is 0. The van der Waals surface area contributed by atoms with Crippen molar-refractivity contribution < 1.29 is 17.6 Å². The zero-order valence-corrected chi connectivity index (χ0v) is 8.07. The first-order valence-corrected chi connectivity index (χ1v) is 4.70. The van der Waals surface area contributed by atoms with Crippen molar-refractivity contribution in [1.29, 1.82) is 0 Å². The van der Waals surface area contributed by atoms with Crippen molar-refractivity contribution in [3.63, 3.8) is 0 Å². The predicted molar refractivity (Wildman–Crippen MR) is 45.5 cm³/mol. The molecule has 0 bridgehead atoms. The Labute approximate surface area is 80.7 Å². The lowest BCUT2D eigenvalue weighted by Gasteiger charge is -2.38. The van der Waals surface area contributed by atoms with Crippen LogP contribution in [-0.4, -0.2) is 17.9 Å².